The highest BCUT2D eigenvalue weighted by molar-refractivity contribution is 5.93. The predicted octanol–water partition coefficient (Wildman–Crippen LogP) is 6.37. The monoisotopic (exact) mass is 491 g/mol. The molecule has 0 aliphatic carbocycles. The Hall–Kier alpha value is -3.73. The Kier molecular flexibility index (Phi) is 6.72. The Balaban J connectivity index is 1.52. The third-order valence-electron chi connectivity index (χ3n) is 7.49. The minimum absolute atomic E-state index is 0.238. The van der Waals surface area contributed by atoms with Gasteiger partial charge in [-0.3, -0.25) is 0 Å². The maximum atomic E-state index is 12.4. The lowest BCUT2D eigenvalue weighted by atomic mass is 9.69. The van der Waals surface area contributed by atoms with Crippen LogP contribution in [0.1, 0.15) is 58.9 Å². The van der Waals surface area contributed by atoms with Gasteiger partial charge in [-0.05, 0) is 51.8 Å². The molecule has 4 aromatic carbocycles. The van der Waals surface area contributed by atoms with Crippen LogP contribution in [0.3, 0.4) is 0 Å². The van der Waals surface area contributed by atoms with Gasteiger partial charge in [0, 0.05) is 12.0 Å². The van der Waals surface area contributed by atoms with Crippen LogP contribution in [0.25, 0.3) is 11.1 Å². The summed E-state index contributed by atoms with van der Waals surface area (Å²) in [6.07, 6.45) is 0.838. The molecular formula is C33H33NO3. The molecule has 2 unspecified atom stereocenters. The molecule has 188 valence electrons. The molecule has 0 saturated heterocycles. The number of hydrogen-bond donors (Lipinski definition) is 2. The normalized spacial score (nSPS) is 15.5. The van der Waals surface area contributed by atoms with E-state index in [1.165, 1.54) is 0 Å². The zero-order chi connectivity index (χ0) is 26.0. The highest BCUT2D eigenvalue weighted by Crippen LogP contribution is 2.41. The second-order valence-corrected chi connectivity index (χ2v) is 10.7. The smallest absolute Gasteiger partial charge is 0.338 e. The fourth-order valence-electron chi connectivity index (χ4n) is 5.54. The first-order valence-electron chi connectivity index (χ1n) is 12.7. The molecule has 0 bridgehead atoms. The molecule has 4 aromatic rings. The zero-order valence-corrected chi connectivity index (χ0v) is 21.4. The second-order valence-electron chi connectivity index (χ2n) is 10.7. The molecule has 0 amide bonds. The summed E-state index contributed by atoms with van der Waals surface area (Å²) in [5, 5.41) is 12.4. The van der Waals surface area contributed by atoms with Crippen LogP contribution in [0.5, 0.6) is 0 Å². The summed E-state index contributed by atoms with van der Waals surface area (Å²) in [7, 11) is 0. The first-order valence-corrected chi connectivity index (χ1v) is 12.7. The van der Waals surface area contributed by atoms with E-state index in [4.69, 9.17) is 10.5 Å². The van der Waals surface area contributed by atoms with Crippen LogP contribution in [0.4, 0.5) is 0 Å². The number of aliphatic hydroxyl groups is 1. The number of hydrogen-bond acceptors (Lipinski definition) is 4. The minimum Gasteiger partial charge on any atom is -0.457 e. The van der Waals surface area contributed by atoms with Crippen LogP contribution in [0.2, 0.25) is 0 Å². The Labute approximate surface area is 218 Å². The SMILES string of the molecule is CC(C)(CC(O)(Cc1cccc(-c2ccccc2)c1)C(N)c1ccc2c(c1)COC2=O)c1ccccc1. The molecule has 1 heterocycles. The number of rotatable bonds is 8. The standard InChI is InChI=1S/C33H33NO3/c1-32(2,28-14-7-4-8-15-28)22-33(36,30(34)26-16-17-29-27(19-26)21-37-31(29)35)20-23-10-9-13-25(18-23)24-11-5-3-6-12-24/h3-19,30,36H,20-22,34H2,1-2H3. The molecule has 4 heteroatoms. The number of ether oxygens (including phenoxy) is 1. The Morgan fingerprint density at radius 1 is 0.865 bits per heavy atom. The summed E-state index contributed by atoms with van der Waals surface area (Å²) in [6.45, 7) is 4.53. The lowest BCUT2D eigenvalue weighted by molar-refractivity contribution is -0.0117. The second kappa shape index (κ2) is 9.97. The van der Waals surface area contributed by atoms with Gasteiger partial charge in [0.2, 0.25) is 0 Å². The topological polar surface area (TPSA) is 72.6 Å². The molecule has 0 spiro atoms. The van der Waals surface area contributed by atoms with Crippen molar-refractivity contribution < 1.29 is 14.6 Å². The van der Waals surface area contributed by atoms with Gasteiger partial charge < -0.3 is 15.6 Å². The lowest BCUT2D eigenvalue weighted by Crippen LogP contribution is -2.47. The molecule has 5 rings (SSSR count). The molecule has 0 fully saturated rings. The highest BCUT2D eigenvalue weighted by atomic mass is 16.5. The number of carbonyl (C=O) groups is 1. The average molecular weight is 492 g/mol. The molecule has 0 aromatic heterocycles. The van der Waals surface area contributed by atoms with Gasteiger partial charge in [0.1, 0.15) is 6.61 Å². The Morgan fingerprint density at radius 2 is 1.54 bits per heavy atom. The molecule has 3 N–H and O–H groups in total. The summed E-state index contributed by atoms with van der Waals surface area (Å²) in [6, 6.07) is 33.6. The van der Waals surface area contributed by atoms with Gasteiger partial charge in [0.25, 0.3) is 0 Å². The maximum absolute atomic E-state index is 12.4. The third-order valence-corrected chi connectivity index (χ3v) is 7.49. The van der Waals surface area contributed by atoms with E-state index in [2.05, 4.69) is 56.3 Å². The number of benzene rings is 4. The van der Waals surface area contributed by atoms with E-state index >= 15 is 0 Å². The van der Waals surface area contributed by atoms with Crippen LogP contribution >= 0.6 is 0 Å². The molecule has 1 aliphatic heterocycles. The van der Waals surface area contributed by atoms with Crippen LogP contribution in [-0.4, -0.2) is 16.7 Å². The van der Waals surface area contributed by atoms with Crippen molar-refractivity contribution in [1.29, 1.82) is 0 Å². The van der Waals surface area contributed by atoms with E-state index in [1.807, 2.05) is 54.6 Å². The van der Waals surface area contributed by atoms with Crippen LogP contribution in [-0.2, 0) is 23.2 Å². The van der Waals surface area contributed by atoms with E-state index in [9.17, 15) is 9.90 Å². The van der Waals surface area contributed by atoms with Crippen molar-refractivity contribution in [2.75, 3.05) is 0 Å². The van der Waals surface area contributed by atoms with Crippen molar-refractivity contribution >= 4 is 5.97 Å². The molecule has 4 nitrogen and oxygen atoms in total. The molecule has 0 saturated carbocycles. The third kappa shape index (κ3) is 5.22. The van der Waals surface area contributed by atoms with Crippen molar-refractivity contribution in [3.8, 4) is 11.1 Å². The van der Waals surface area contributed by atoms with Crippen LogP contribution < -0.4 is 5.73 Å². The summed E-state index contributed by atoms with van der Waals surface area (Å²) in [4.78, 5) is 12.0. The van der Waals surface area contributed by atoms with Gasteiger partial charge in [0.15, 0.2) is 0 Å². The average Bonchev–Trinajstić information content (AvgIpc) is 3.29. The van der Waals surface area contributed by atoms with Crippen LogP contribution in [0.15, 0.2) is 103 Å². The minimum atomic E-state index is -1.26. The number of esters is 1. The van der Waals surface area contributed by atoms with Crippen molar-refractivity contribution in [3.05, 3.63) is 131 Å². The van der Waals surface area contributed by atoms with Crippen molar-refractivity contribution in [2.45, 2.75) is 50.4 Å². The summed E-state index contributed by atoms with van der Waals surface area (Å²) in [5.41, 5.74) is 11.9. The first kappa shape index (κ1) is 24.9. The van der Waals surface area contributed by atoms with Gasteiger partial charge in [-0.2, -0.15) is 0 Å². The largest absolute Gasteiger partial charge is 0.457 e. The fourth-order valence-corrected chi connectivity index (χ4v) is 5.54. The van der Waals surface area contributed by atoms with E-state index < -0.39 is 11.6 Å². The number of fused-ring (bicyclic) bond motifs is 1. The van der Waals surface area contributed by atoms with E-state index in [-0.39, 0.29) is 18.0 Å². The highest BCUT2D eigenvalue weighted by Gasteiger charge is 2.41. The summed E-state index contributed by atoms with van der Waals surface area (Å²) >= 11 is 0. The van der Waals surface area contributed by atoms with Gasteiger partial charge in [-0.1, -0.05) is 105 Å². The van der Waals surface area contributed by atoms with Gasteiger partial charge >= 0.3 is 5.97 Å². The van der Waals surface area contributed by atoms with Crippen molar-refractivity contribution in [2.24, 2.45) is 5.73 Å². The lowest BCUT2D eigenvalue weighted by Gasteiger charge is -2.41. The van der Waals surface area contributed by atoms with Crippen molar-refractivity contribution in [1.82, 2.24) is 0 Å². The molecule has 1 aliphatic rings. The van der Waals surface area contributed by atoms with E-state index in [0.29, 0.717) is 18.4 Å². The van der Waals surface area contributed by atoms with Crippen LogP contribution in [0, 0.1) is 0 Å². The van der Waals surface area contributed by atoms with Gasteiger partial charge in [-0.15, -0.1) is 0 Å². The predicted molar refractivity (Wildman–Crippen MR) is 147 cm³/mol. The first-order chi connectivity index (χ1) is 17.7. The van der Waals surface area contributed by atoms with Gasteiger partial charge in [-0.25, -0.2) is 4.79 Å². The Bertz CT molecular complexity index is 1400. The number of nitrogens with two attached hydrogens (primary N) is 1. The summed E-state index contributed by atoms with van der Waals surface area (Å²) < 4.78 is 5.19. The Morgan fingerprint density at radius 3 is 2.27 bits per heavy atom. The molecule has 0 radical (unpaired) electrons. The molecule has 37 heavy (non-hydrogen) atoms. The van der Waals surface area contributed by atoms with Crippen molar-refractivity contribution in [3.63, 3.8) is 0 Å². The summed E-state index contributed by atoms with van der Waals surface area (Å²) in [5.74, 6) is -0.312. The number of carbonyl (C=O) groups excluding carboxylic acids is 1. The fraction of sp³-hybridized carbons (Fsp3) is 0.242. The van der Waals surface area contributed by atoms with E-state index in [0.717, 1.165) is 33.4 Å². The zero-order valence-electron chi connectivity index (χ0n) is 21.4. The molecular weight excluding hydrogens is 458 g/mol. The maximum Gasteiger partial charge on any atom is 0.338 e. The molecule has 2 atom stereocenters. The van der Waals surface area contributed by atoms with Gasteiger partial charge in [0.05, 0.1) is 17.2 Å². The van der Waals surface area contributed by atoms with E-state index in [1.54, 1.807) is 6.07 Å². The number of cyclic esters (lactones) is 1. The quantitative estimate of drug-likeness (QED) is 0.281.